The molecular weight excluding hydrogens is 290 g/mol. The van der Waals surface area contributed by atoms with Gasteiger partial charge in [0, 0.05) is 19.6 Å². The van der Waals surface area contributed by atoms with E-state index in [1.165, 1.54) is 5.56 Å². The third-order valence-corrected chi connectivity index (χ3v) is 4.57. The van der Waals surface area contributed by atoms with Crippen LogP contribution in [-0.2, 0) is 0 Å². The van der Waals surface area contributed by atoms with E-state index < -0.39 is 0 Å². The molecule has 2 unspecified atom stereocenters. The molecule has 5 nitrogen and oxygen atoms in total. The number of carbonyl (C=O) groups is 1. The molecule has 1 heterocycles. The van der Waals surface area contributed by atoms with Gasteiger partial charge in [0.25, 0.3) is 0 Å². The summed E-state index contributed by atoms with van der Waals surface area (Å²) in [7, 11) is 0. The number of aliphatic hydroxyl groups is 1. The predicted octanol–water partition coefficient (Wildman–Crippen LogP) is 2.24. The summed E-state index contributed by atoms with van der Waals surface area (Å²) in [6.07, 6.45) is 1.27. The molecule has 0 spiro atoms. The van der Waals surface area contributed by atoms with Gasteiger partial charge in [-0.1, -0.05) is 44.2 Å². The van der Waals surface area contributed by atoms with Gasteiger partial charge in [0.2, 0.25) is 0 Å². The molecule has 2 N–H and O–H groups in total. The van der Waals surface area contributed by atoms with E-state index in [1.807, 2.05) is 18.2 Å². The van der Waals surface area contributed by atoms with E-state index in [1.54, 1.807) is 4.90 Å². The highest BCUT2D eigenvalue weighted by molar-refractivity contribution is 5.74. The van der Waals surface area contributed by atoms with E-state index in [0.717, 1.165) is 32.5 Å². The lowest BCUT2D eigenvalue weighted by Crippen LogP contribution is -2.49. The van der Waals surface area contributed by atoms with E-state index in [4.69, 9.17) is 0 Å². The van der Waals surface area contributed by atoms with E-state index >= 15 is 0 Å². The summed E-state index contributed by atoms with van der Waals surface area (Å²) in [5.41, 5.74) is 1.22. The molecule has 128 valence electrons. The summed E-state index contributed by atoms with van der Waals surface area (Å²) in [6.45, 7) is 7.90. The molecule has 0 aliphatic carbocycles. The zero-order valence-electron chi connectivity index (χ0n) is 14.2. The maximum absolute atomic E-state index is 12.4. The fourth-order valence-electron chi connectivity index (χ4n) is 3.23. The molecule has 1 aliphatic rings. The second kappa shape index (κ2) is 8.89. The van der Waals surface area contributed by atoms with Crippen molar-refractivity contribution in [2.45, 2.75) is 38.8 Å². The number of rotatable bonds is 6. The Balaban J connectivity index is 1.99. The normalized spacial score (nSPS) is 19.7. The highest BCUT2D eigenvalue weighted by Gasteiger charge is 2.24. The number of hydrogen-bond acceptors (Lipinski definition) is 3. The molecule has 0 radical (unpaired) electrons. The highest BCUT2D eigenvalue weighted by Crippen LogP contribution is 2.19. The van der Waals surface area contributed by atoms with Gasteiger partial charge in [-0.25, -0.2) is 4.79 Å². The topological polar surface area (TPSA) is 55.8 Å². The monoisotopic (exact) mass is 319 g/mol. The Hall–Kier alpha value is -1.59. The Bertz CT molecular complexity index is 476. The van der Waals surface area contributed by atoms with Crippen molar-refractivity contribution >= 4 is 6.03 Å². The number of amides is 2. The van der Waals surface area contributed by atoms with E-state index in [9.17, 15) is 9.90 Å². The molecule has 2 atom stereocenters. The fourth-order valence-corrected chi connectivity index (χ4v) is 3.23. The Morgan fingerprint density at radius 3 is 2.65 bits per heavy atom. The van der Waals surface area contributed by atoms with Crippen molar-refractivity contribution in [2.75, 3.05) is 32.7 Å². The Morgan fingerprint density at radius 1 is 1.35 bits per heavy atom. The van der Waals surface area contributed by atoms with Crippen LogP contribution < -0.4 is 5.32 Å². The zero-order valence-corrected chi connectivity index (χ0v) is 14.2. The Morgan fingerprint density at radius 2 is 2.04 bits per heavy atom. The second-order valence-corrected chi connectivity index (χ2v) is 6.08. The number of benzene rings is 1. The number of urea groups is 1. The number of hydrogen-bond donors (Lipinski definition) is 2. The highest BCUT2D eigenvalue weighted by atomic mass is 16.3. The first-order chi connectivity index (χ1) is 11.2. The first kappa shape index (κ1) is 17.8. The number of nitrogens with zero attached hydrogens (tertiary/aromatic N) is 2. The van der Waals surface area contributed by atoms with Crippen molar-refractivity contribution in [1.82, 2.24) is 15.1 Å². The summed E-state index contributed by atoms with van der Waals surface area (Å²) in [4.78, 5) is 16.4. The summed E-state index contributed by atoms with van der Waals surface area (Å²) in [6, 6.07) is 10.4. The van der Waals surface area contributed by atoms with Crippen LogP contribution in [0, 0.1) is 0 Å². The molecule has 2 amide bonds. The van der Waals surface area contributed by atoms with Crippen LogP contribution in [0.5, 0.6) is 0 Å². The molecule has 1 aromatic carbocycles. The number of likely N-dealkylation sites (N-methyl/N-ethyl adjacent to an activating group) is 1. The van der Waals surface area contributed by atoms with Crippen molar-refractivity contribution in [3.63, 3.8) is 0 Å². The van der Waals surface area contributed by atoms with Crippen molar-refractivity contribution in [3.05, 3.63) is 35.9 Å². The average Bonchev–Trinajstić information content (AvgIpc) is 2.59. The lowest BCUT2D eigenvalue weighted by atomic mass is 10.1. The van der Waals surface area contributed by atoms with Crippen LogP contribution in [0.15, 0.2) is 30.3 Å². The lowest BCUT2D eigenvalue weighted by molar-refractivity contribution is 0.0833. The molecule has 1 saturated heterocycles. The largest absolute Gasteiger partial charge is 0.391 e. The standard InChI is InChI=1S/C18H29N3O2/c1-3-20(4-2)17(15-9-6-5-7-10-15)13-19-18(23)21-12-8-11-16(22)14-21/h5-7,9-10,16-17,22H,3-4,8,11-14H2,1-2H3,(H,19,23). The molecule has 1 aromatic rings. The maximum atomic E-state index is 12.4. The second-order valence-electron chi connectivity index (χ2n) is 6.08. The van der Waals surface area contributed by atoms with Crippen LogP contribution in [0.2, 0.25) is 0 Å². The first-order valence-corrected chi connectivity index (χ1v) is 8.65. The minimum absolute atomic E-state index is 0.0724. The minimum Gasteiger partial charge on any atom is -0.391 e. The first-order valence-electron chi connectivity index (χ1n) is 8.65. The number of likely N-dealkylation sites (tertiary alicyclic amines) is 1. The van der Waals surface area contributed by atoms with Gasteiger partial charge in [0.05, 0.1) is 12.1 Å². The summed E-state index contributed by atoms with van der Waals surface area (Å²) >= 11 is 0. The zero-order chi connectivity index (χ0) is 16.7. The third-order valence-electron chi connectivity index (χ3n) is 4.57. The fraction of sp³-hybridized carbons (Fsp3) is 0.611. The molecule has 0 saturated carbocycles. The van der Waals surface area contributed by atoms with Crippen LogP contribution in [-0.4, -0.2) is 59.8 Å². The number of aliphatic hydroxyl groups excluding tert-OH is 1. The number of piperidine rings is 1. The third kappa shape index (κ3) is 4.94. The Kier molecular flexibility index (Phi) is 6.86. The molecule has 1 aliphatic heterocycles. The number of β-amino-alcohol motifs (C(OH)–C–C–N with tert-alkyl or cyclic N) is 1. The predicted molar refractivity (Wildman–Crippen MR) is 92.3 cm³/mol. The van der Waals surface area contributed by atoms with Crippen LogP contribution in [0.4, 0.5) is 4.79 Å². The number of nitrogens with one attached hydrogen (secondary N) is 1. The quantitative estimate of drug-likeness (QED) is 0.845. The van der Waals surface area contributed by atoms with Crippen molar-refractivity contribution in [1.29, 1.82) is 0 Å². The van der Waals surface area contributed by atoms with Crippen molar-refractivity contribution in [3.8, 4) is 0 Å². The summed E-state index contributed by atoms with van der Waals surface area (Å²) in [5.74, 6) is 0. The van der Waals surface area contributed by atoms with Gasteiger partial charge in [0.1, 0.15) is 0 Å². The minimum atomic E-state index is -0.387. The van der Waals surface area contributed by atoms with Crippen LogP contribution in [0.3, 0.4) is 0 Å². The van der Waals surface area contributed by atoms with E-state index in [0.29, 0.717) is 13.1 Å². The molecule has 0 bridgehead atoms. The van der Waals surface area contributed by atoms with Gasteiger partial charge in [-0.3, -0.25) is 4.90 Å². The summed E-state index contributed by atoms with van der Waals surface area (Å²) < 4.78 is 0. The van der Waals surface area contributed by atoms with Gasteiger partial charge in [-0.15, -0.1) is 0 Å². The van der Waals surface area contributed by atoms with Crippen LogP contribution in [0.25, 0.3) is 0 Å². The van der Waals surface area contributed by atoms with E-state index in [2.05, 4.69) is 36.2 Å². The van der Waals surface area contributed by atoms with Gasteiger partial charge in [0.15, 0.2) is 0 Å². The van der Waals surface area contributed by atoms with Gasteiger partial charge in [-0.2, -0.15) is 0 Å². The Labute approximate surface area is 139 Å². The number of carbonyl (C=O) groups excluding carboxylic acids is 1. The van der Waals surface area contributed by atoms with Crippen LogP contribution >= 0.6 is 0 Å². The smallest absolute Gasteiger partial charge is 0.317 e. The lowest BCUT2D eigenvalue weighted by Gasteiger charge is -2.33. The molecule has 1 fully saturated rings. The van der Waals surface area contributed by atoms with Gasteiger partial charge in [-0.05, 0) is 31.5 Å². The molecule has 0 aromatic heterocycles. The van der Waals surface area contributed by atoms with Crippen molar-refractivity contribution in [2.24, 2.45) is 0 Å². The van der Waals surface area contributed by atoms with Gasteiger partial charge < -0.3 is 15.3 Å². The molecule has 5 heteroatoms. The molecule has 2 rings (SSSR count). The summed E-state index contributed by atoms with van der Waals surface area (Å²) in [5, 5.41) is 12.8. The maximum Gasteiger partial charge on any atom is 0.317 e. The van der Waals surface area contributed by atoms with Crippen LogP contribution in [0.1, 0.15) is 38.3 Å². The van der Waals surface area contributed by atoms with Gasteiger partial charge >= 0.3 is 6.03 Å². The molecular formula is C18H29N3O2. The van der Waals surface area contributed by atoms with Crippen molar-refractivity contribution < 1.29 is 9.90 Å². The SMILES string of the molecule is CCN(CC)C(CNC(=O)N1CCCC(O)C1)c1ccccc1. The average molecular weight is 319 g/mol. The van der Waals surface area contributed by atoms with E-state index in [-0.39, 0.29) is 18.2 Å². The molecule has 23 heavy (non-hydrogen) atoms.